The fourth-order valence-electron chi connectivity index (χ4n) is 3.18. The molecule has 152 valence electrons. The molecule has 2 aromatic carbocycles. The number of hydrogen-bond acceptors (Lipinski definition) is 5. The van der Waals surface area contributed by atoms with Crippen LogP contribution >= 0.6 is 11.8 Å². The Morgan fingerprint density at radius 1 is 1.10 bits per heavy atom. The lowest BCUT2D eigenvalue weighted by Gasteiger charge is -2.15. The molecule has 4 rings (SSSR count). The van der Waals surface area contributed by atoms with Crippen LogP contribution in [-0.2, 0) is 9.59 Å². The Morgan fingerprint density at radius 2 is 1.87 bits per heavy atom. The number of rotatable bonds is 4. The molecule has 3 aromatic rings. The van der Waals surface area contributed by atoms with Crippen molar-refractivity contribution >= 4 is 40.4 Å². The molecule has 0 saturated carbocycles. The van der Waals surface area contributed by atoms with Gasteiger partial charge in [-0.15, -0.1) is 11.8 Å². The van der Waals surface area contributed by atoms with E-state index in [1.54, 1.807) is 6.07 Å². The number of benzene rings is 2. The van der Waals surface area contributed by atoms with Crippen molar-refractivity contribution in [3.8, 4) is 11.3 Å². The third kappa shape index (κ3) is 4.28. The lowest BCUT2D eigenvalue weighted by molar-refractivity contribution is -0.132. The van der Waals surface area contributed by atoms with Gasteiger partial charge in [-0.1, -0.05) is 48.0 Å². The van der Waals surface area contributed by atoms with Gasteiger partial charge in [0.05, 0.1) is 28.4 Å². The van der Waals surface area contributed by atoms with E-state index in [2.05, 4.69) is 15.8 Å². The number of fused-ring (bicyclic) bond motifs is 1. The van der Waals surface area contributed by atoms with Gasteiger partial charge >= 0.3 is 0 Å². The quantitative estimate of drug-likeness (QED) is 0.633. The molecule has 1 aromatic heterocycles. The third-order valence-corrected chi connectivity index (χ3v) is 5.73. The third-order valence-electron chi connectivity index (χ3n) is 4.78. The number of pyridine rings is 1. The van der Waals surface area contributed by atoms with Gasteiger partial charge in [0.1, 0.15) is 6.54 Å². The Balaban J connectivity index is 1.56. The van der Waals surface area contributed by atoms with Gasteiger partial charge in [0.2, 0.25) is 5.91 Å². The lowest BCUT2D eigenvalue weighted by atomic mass is 10.0. The van der Waals surface area contributed by atoms with E-state index in [1.165, 1.54) is 16.7 Å². The van der Waals surface area contributed by atoms with Crippen LogP contribution < -0.4 is 10.9 Å². The second-order valence-corrected chi connectivity index (χ2v) is 7.96. The van der Waals surface area contributed by atoms with E-state index in [0.29, 0.717) is 33.8 Å². The largest absolute Gasteiger partial charge is 0.323 e. The molecule has 1 aliphatic heterocycles. The molecule has 2 N–H and O–H groups in total. The summed E-state index contributed by atoms with van der Waals surface area (Å²) in [6.07, 6.45) is 0. The smallest absolute Gasteiger partial charge is 0.270 e. The average Bonchev–Trinajstić information content (AvgIpc) is 3.16. The molecule has 3 amide bonds. The van der Waals surface area contributed by atoms with Crippen LogP contribution in [0.5, 0.6) is 0 Å². The van der Waals surface area contributed by atoms with Crippen molar-refractivity contribution in [3.63, 3.8) is 0 Å². The Kier molecular flexibility index (Phi) is 5.67. The van der Waals surface area contributed by atoms with Gasteiger partial charge in [0, 0.05) is 10.9 Å². The molecule has 0 aliphatic carbocycles. The monoisotopic (exact) mass is 420 g/mol. The van der Waals surface area contributed by atoms with E-state index in [1.807, 2.05) is 55.5 Å². The van der Waals surface area contributed by atoms with Gasteiger partial charge < -0.3 is 4.90 Å². The second kappa shape index (κ2) is 8.54. The van der Waals surface area contributed by atoms with Crippen LogP contribution in [0.1, 0.15) is 15.9 Å². The number of aromatic nitrogens is 1. The summed E-state index contributed by atoms with van der Waals surface area (Å²) in [6, 6.07) is 17.0. The molecule has 1 aliphatic rings. The van der Waals surface area contributed by atoms with Crippen LogP contribution in [0.3, 0.4) is 0 Å². The number of carbonyl (C=O) groups excluding carboxylic acids is 3. The van der Waals surface area contributed by atoms with Crippen molar-refractivity contribution in [2.75, 3.05) is 18.2 Å². The lowest BCUT2D eigenvalue weighted by Crippen LogP contribution is -2.46. The van der Waals surface area contributed by atoms with E-state index in [-0.39, 0.29) is 12.5 Å². The van der Waals surface area contributed by atoms with Crippen LogP contribution in [0, 0.1) is 6.92 Å². The molecule has 1 saturated heterocycles. The molecular formula is C22H20N4O3S. The van der Waals surface area contributed by atoms with E-state index >= 15 is 0 Å². The normalized spacial score (nSPS) is 13.5. The zero-order valence-corrected chi connectivity index (χ0v) is 17.2. The highest BCUT2D eigenvalue weighted by atomic mass is 32.2. The van der Waals surface area contributed by atoms with E-state index in [4.69, 9.17) is 0 Å². The zero-order chi connectivity index (χ0) is 21.1. The molecule has 0 unspecified atom stereocenters. The molecule has 0 atom stereocenters. The standard InChI is InChI=1S/C22H20N4O3S/c1-14-6-8-15(9-7-14)19-10-17(16-4-2-3-5-18(16)23-19)22(29)25-24-20(27)11-26-13-30-12-21(26)28/h2-10H,11-13H2,1H3,(H,24,27)(H,25,29). The number of amides is 3. The van der Waals surface area contributed by atoms with Gasteiger partial charge in [-0.3, -0.25) is 25.2 Å². The van der Waals surface area contributed by atoms with Gasteiger partial charge in [0.15, 0.2) is 0 Å². The first-order chi connectivity index (χ1) is 14.5. The van der Waals surface area contributed by atoms with Crippen LogP contribution in [0.2, 0.25) is 0 Å². The Labute approximate surface area is 177 Å². The van der Waals surface area contributed by atoms with Crippen molar-refractivity contribution in [2.45, 2.75) is 6.92 Å². The first-order valence-corrected chi connectivity index (χ1v) is 10.6. The SMILES string of the molecule is Cc1ccc(-c2cc(C(=O)NNC(=O)CN3CSCC3=O)c3ccccc3n2)cc1. The van der Waals surface area contributed by atoms with Gasteiger partial charge in [0.25, 0.3) is 11.8 Å². The average molecular weight is 420 g/mol. The first kappa shape index (κ1) is 19.9. The fourth-order valence-corrected chi connectivity index (χ4v) is 4.09. The fraction of sp³-hybridized carbons (Fsp3) is 0.182. The molecule has 30 heavy (non-hydrogen) atoms. The van der Waals surface area contributed by atoms with Crippen molar-refractivity contribution in [1.82, 2.24) is 20.7 Å². The molecular weight excluding hydrogens is 400 g/mol. The maximum Gasteiger partial charge on any atom is 0.270 e. The summed E-state index contributed by atoms with van der Waals surface area (Å²) in [4.78, 5) is 42.8. The van der Waals surface area contributed by atoms with Gasteiger partial charge in [-0.05, 0) is 19.1 Å². The maximum atomic E-state index is 12.9. The molecule has 7 nitrogen and oxygen atoms in total. The number of para-hydroxylation sites is 1. The number of nitrogens with one attached hydrogen (secondary N) is 2. The number of hydrogen-bond donors (Lipinski definition) is 2. The predicted molar refractivity (Wildman–Crippen MR) is 117 cm³/mol. The van der Waals surface area contributed by atoms with E-state index in [0.717, 1.165) is 11.1 Å². The molecule has 0 bridgehead atoms. The van der Waals surface area contributed by atoms with Crippen molar-refractivity contribution in [2.24, 2.45) is 0 Å². The Morgan fingerprint density at radius 3 is 2.60 bits per heavy atom. The topological polar surface area (TPSA) is 91.4 Å². The second-order valence-electron chi connectivity index (χ2n) is 7.01. The van der Waals surface area contributed by atoms with E-state index < -0.39 is 11.8 Å². The van der Waals surface area contributed by atoms with Crippen LogP contribution in [0.4, 0.5) is 0 Å². The minimum Gasteiger partial charge on any atom is -0.323 e. The first-order valence-electron chi connectivity index (χ1n) is 9.43. The van der Waals surface area contributed by atoms with Gasteiger partial charge in [-0.25, -0.2) is 4.98 Å². The highest BCUT2D eigenvalue weighted by molar-refractivity contribution is 8.00. The van der Waals surface area contributed by atoms with Crippen molar-refractivity contribution < 1.29 is 14.4 Å². The summed E-state index contributed by atoms with van der Waals surface area (Å²) >= 11 is 1.46. The highest BCUT2D eigenvalue weighted by Gasteiger charge is 2.23. The van der Waals surface area contributed by atoms with Crippen molar-refractivity contribution in [1.29, 1.82) is 0 Å². The van der Waals surface area contributed by atoms with Gasteiger partial charge in [-0.2, -0.15) is 0 Å². The Bertz CT molecular complexity index is 1130. The highest BCUT2D eigenvalue weighted by Crippen LogP contribution is 2.25. The predicted octanol–water partition coefficient (Wildman–Crippen LogP) is 2.50. The van der Waals surface area contributed by atoms with E-state index in [9.17, 15) is 14.4 Å². The molecule has 2 heterocycles. The Hall–Kier alpha value is -3.39. The zero-order valence-electron chi connectivity index (χ0n) is 16.3. The minimum atomic E-state index is -0.448. The summed E-state index contributed by atoms with van der Waals surface area (Å²) < 4.78 is 0. The summed E-state index contributed by atoms with van der Waals surface area (Å²) in [7, 11) is 0. The summed E-state index contributed by atoms with van der Waals surface area (Å²) in [5.41, 5.74) is 8.65. The number of thioether (sulfide) groups is 1. The number of aryl methyl sites for hydroxylation is 1. The van der Waals surface area contributed by atoms with Crippen LogP contribution in [0.15, 0.2) is 54.6 Å². The van der Waals surface area contributed by atoms with Crippen LogP contribution in [-0.4, -0.2) is 45.8 Å². The minimum absolute atomic E-state index is 0.0793. The molecule has 0 radical (unpaired) electrons. The number of hydrazine groups is 1. The van der Waals surface area contributed by atoms with Crippen LogP contribution in [0.25, 0.3) is 22.2 Å². The summed E-state index contributed by atoms with van der Waals surface area (Å²) in [6.45, 7) is 1.92. The van der Waals surface area contributed by atoms with Crippen molar-refractivity contribution in [3.05, 3.63) is 65.7 Å². The summed E-state index contributed by atoms with van der Waals surface area (Å²) in [5, 5.41) is 0.686. The molecule has 0 spiro atoms. The maximum absolute atomic E-state index is 12.9. The number of carbonyl (C=O) groups is 3. The summed E-state index contributed by atoms with van der Waals surface area (Å²) in [5.74, 6) is -0.113. The molecule has 8 heteroatoms. The molecule has 1 fully saturated rings. The number of nitrogens with zero attached hydrogens (tertiary/aromatic N) is 2.